The van der Waals surface area contributed by atoms with E-state index in [1.165, 1.54) is 19.6 Å². The number of hydrogen-bond acceptors (Lipinski definition) is 3. The third-order valence-electron chi connectivity index (χ3n) is 3.37. The van der Waals surface area contributed by atoms with Gasteiger partial charge in [0, 0.05) is 38.3 Å². The smallest absolute Gasteiger partial charge is 0.0527 e. The summed E-state index contributed by atoms with van der Waals surface area (Å²) in [6, 6.07) is 1.32. The van der Waals surface area contributed by atoms with Crippen molar-refractivity contribution in [1.29, 1.82) is 0 Å². The van der Waals surface area contributed by atoms with Gasteiger partial charge in [-0.05, 0) is 20.3 Å². The second-order valence-electron chi connectivity index (χ2n) is 4.58. The number of rotatable bonds is 2. The Labute approximate surface area is 80.3 Å². The maximum absolute atomic E-state index is 9.35. The summed E-state index contributed by atoms with van der Waals surface area (Å²) < 4.78 is 0. The lowest BCUT2D eigenvalue weighted by Gasteiger charge is -2.51. The highest BCUT2D eigenvalue weighted by atomic mass is 16.3. The summed E-state index contributed by atoms with van der Waals surface area (Å²) in [6.45, 7) is 8.95. The Hall–Kier alpha value is -0.120. The standard InChI is InChI=1S/C10H20N2O/c1-8-6-12-4-3-11(8)7-10(12)5-9(2)13/h8-10,13H,3-7H2,1-2H3. The summed E-state index contributed by atoms with van der Waals surface area (Å²) in [6.07, 6.45) is 0.782. The summed E-state index contributed by atoms with van der Waals surface area (Å²) in [7, 11) is 0. The molecule has 5 unspecified atom stereocenters. The van der Waals surface area contributed by atoms with Crippen molar-refractivity contribution in [3.05, 3.63) is 0 Å². The van der Waals surface area contributed by atoms with Crippen LogP contribution in [0.4, 0.5) is 0 Å². The van der Waals surface area contributed by atoms with E-state index in [1.54, 1.807) is 0 Å². The van der Waals surface area contributed by atoms with Gasteiger partial charge in [0.05, 0.1) is 6.10 Å². The predicted molar refractivity (Wildman–Crippen MR) is 52.7 cm³/mol. The molecule has 0 radical (unpaired) electrons. The quantitative estimate of drug-likeness (QED) is 0.661. The maximum atomic E-state index is 9.35. The fourth-order valence-electron chi connectivity index (χ4n) is 2.63. The van der Waals surface area contributed by atoms with Crippen LogP contribution in [-0.4, -0.2) is 59.3 Å². The molecule has 3 fully saturated rings. The number of fused-ring (bicyclic) bond motifs is 3. The summed E-state index contributed by atoms with van der Waals surface area (Å²) in [4.78, 5) is 5.09. The van der Waals surface area contributed by atoms with Crippen LogP contribution < -0.4 is 0 Å². The van der Waals surface area contributed by atoms with E-state index in [0.717, 1.165) is 19.0 Å². The summed E-state index contributed by atoms with van der Waals surface area (Å²) in [5, 5.41) is 9.35. The maximum Gasteiger partial charge on any atom is 0.0527 e. The Balaban J connectivity index is 1.94. The van der Waals surface area contributed by atoms with Gasteiger partial charge in [-0.15, -0.1) is 0 Å². The largest absolute Gasteiger partial charge is 0.393 e. The molecule has 3 aliphatic rings. The van der Waals surface area contributed by atoms with E-state index in [2.05, 4.69) is 16.7 Å². The molecule has 0 amide bonds. The first-order valence-corrected chi connectivity index (χ1v) is 5.33. The number of hydrogen-bond donors (Lipinski definition) is 1. The van der Waals surface area contributed by atoms with Gasteiger partial charge in [0.1, 0.15) is 0 Å². The molecule has 3 nitrogen and oxygen atoms in total. The Kier molecular flexibility index (Phi) is 2.58. The fourth-order valence-corrected chi connectivity index (χ4v) is 2.63. The average Bonchev–Trinajstić information content (AvgIpc) is 2.05. The van der Waals surface area contributed by atoms with Gasteiger partial charge in [0.25, 0.3) is 0 Å². The first-order chi connectivity index (χ1) is 6.16. The number of piperazine rings is 3. The van der Waals surface area contributed by atoms with Crippen molar-refractivity contribution in [2.45, 2.75) is 38.5 Å². The minimum atomic E-state index is -0.152. The van der Waals surface area contributed by atoms with E-state index in [0.29, 0.717) is 6.04 Å². The second kappa shape index (κ2) is 3.56. The van der Waals surface area contributed by atoms with E-state index in [4.69, 9.17) is 0 Å². The minimum absolute atomic E-state index is 0.152. The van der Waals surface area contributed by atoms with Gasteiger partial charge in [-0.2, -0.15) is 0 Å². The van der Waals surface area contributed by atoms with Crippen molar-refractivity contribution in [2.24, 2.45) is 0 Å². The van der Waals surface area contributed by atoms with Crippen LogP contribution >= 0.6 is 0 Å². The first-order valence-electron chi connectivity index (χ1n) is 5.33. The van der Waals surface area contributed by atoms with Crippen LogP contribution in [0.1, 0.15) is 20.3 Å². The topological polar surface area (TPSA) is 26.7 Å². The SMILES string of the molecule is CC(O)CC1CN2CCN1CC2C. The third-order valence-corrected chi connectivity index (χ3v) is 3.37. The molecule has 0 saturated carbocycles. The highest BCUT2D eigenvalue weighted by Gasteiger charge is 2.36. The lowest BCUT2D eigenvalue weighted by Crippen LogP contribution is -2.64. The van der Waals surface area contributed by atoms with Crippen molar-refractivity contribution >= 4 is 0 Å². The Morgan fingerprint density at radius 3 is 2.46 bits per heavy atom. The Morgan fingerprint density at radius 2 is 2.00 bits per heavy atom. The van der Waals surface area contributed by atoms with Crippen LogP contribution in [0.25, 0.3) is 0 Å². The van der Waals surface area contributed by atoms with Gasteiger partial charge in [-0.3, -0.25) is 9.80 Å². The highest BCUT2D eigenvalue weighted by Crippen LogP contribution is 2.23. The van der Waals surface area contributed by atoms with E-state index in [1.807, 2.05) is 6.92 Å². The van der Waals surface area contributed by atoms with E-state index in [9.17, 15) is 5.11 Å². The lowest BCUT2D eigenvalue weighted by molar-refractivity contribution is -0.0374. The molecule has 3 rings (SSSR count). The Morgan fingerprint density at radius 1 is 1.31 bits per heavy atom. The molecule has 3 saturated heterocycles. The van der Waals surface area contributed by atoms with Crippen LogP contribution in [0.15, 0.2) is 0 Å². The molecule has 2 bridgehead atoms. The predicted octanol–water partition coefficient (Wildman–Crippen LogP) is 0.146. The second-order valence-corrected chi connectivity index (χ2v) is 4.58. The molecular weight excluding hydrogens is 164 g/mol. The van der Waals surface area contributed by atoms with Crippen molar-refractivity contribution < 1.29 is 5.11 Å². The lowest BCUT2D eigenvalue weighted by atomic mass is 9.99. The van der Waals surface area contributed by atoms with Crippen molar-refractivity contribution in [2.75, 3.05) is 26.2 Å². The van der Waals surface area contributed by atoms with Crippen molar-refractivity contribution in [1.82, 2.24) is 9.80 Å². The molecule has 3 aliphatic heterocycles. The average molecular weight is 184 g/mol. The number of aliphatic hydroxyl groups excluding tert-OH is 1. The summed E-state index contributed by atoms with van der Waals surface area (Å²) in [5.74, 6) is 0. The molecule has 76 valence electrons. The van der Waals surface area contributed by atoms with E-state index >= 15 is 0 Å². The minimum Gasteiger partial charge on any atom is -0.393 e. The number of aliphatic hydroxyl groups is 1. The van der Waals surface area contributed by atoms with Crippen molar-refractivity contribution in [3.63, 3.8) is 0 Å². The van der Waals surface area contributed by atoms with Crippen LogP contribution in [0.3, 0.4) is 0 Å². The monoisotopic (exact) mass is 184 g/mol. The molecule has 0 aromatic heterocycles. The van der Waals surface area contributed by atoms with Gasteiger partial charge in [-0.1, -0.05) is 0 Å². The van der Waals surface area contributed by atoms with Crippen LogP contribution in [-0.2, 0) is 0 Å². The molecule has 1 N–H and O–H groups in total. The molecular formula is C10H20N2O. The zero-order valence-corrected chi connectivity index (χ0v) is 8.61. The molecule has 3 heterocycles. The molecule has 5 atom stereocenters. The van der Waals surface area contributed by atoms with Gasteiger partial charge >= 0.3 is 0 Å². The van der Waals surface area contributed by atoms with Gasteiger partial charge in [0.2, 0.25) is 0 Å². The summed E-state index contributed by atoms with van der Waals surface area (Å²) >= 11 is 0. The normalized spacial score (nSPS) is 46.4. The van der Waals surface area contributed by atoms with Crippen LogP contribution in [0.5, 0.6) is 0 Å². The van der Waals surface area contributed by atoms with Gasteiger partial charge < -0.3 is 5.11 Å². The van der Waals surface area contributed by atoms with E-state index < -0.39 is 0 Å². The zero-order chi connectivity index (χ0) is 9.42. The van der Waals surface area contributed by atoms with Crippen LogP contribution in [0.2, 0.25) is 0 Å². The molecule has 3 heteroatoms. The van der Waals surface area contributed by atoms with Crippen molar-refractivity contribution in [3.8, 4) is 0 Å². The zero-order valence-electron chi connectivity index (χ0n) is 8.61. The first kappa shape index (κ1) is 9.44. The molecule has 0 aromatic rings. The molecule has 0 spiro atoms. The highest BCUT2D eigenvalue weighted by molar-refractivity contribution is 4.92. The summed E-state index contributed by atoms with van der Waals surface area (Å²) in [5.41, 5.74) is 0. The Bertz CT molecular complexity index is 184. The molecule has 0 aliphatic carbocycles. The fraction of sp³-hybridized carbons (Fsp3) is 1.00. The number of nitrogens with zero attached hydrogens (tertiary/aromatic N) is 2. The molecule has 0 aromatic carbocycles. The van der Waals surface area contributed by atoms with E-state index in [-0.39, 0.29) is 6.10 Å². The van der Waals surface area contributed by atoms with Crippen LogP contribution in [0, 0.1) is 0 Å². The third kappa shape index (κ3) is 1.87. The van der Waals surface area contributed by atoms with Gasteiger partial charge in [-0.25, -0.2) is 0 Å². The van der Waals surface area contributed by atoms with Gasteiger partial charge in [0.15, 0.2) is 0 Å². The molecule has 13 heavy (non-hydrogen) atoms.